The van der Waals surface area contributed by atoms with Crippen molar-refractivity contribution >= 4 is 29.9 Å². The number of fused-ring (bicyclic) bond motifs is 1. The number of rotatable bonds is 6. The van der Waals surface area contributed by atoms with Crippen molar-refractivity contribution in [3.05, 3.63) is 23.8 Å². The lowest BCUT2D eigenvalue weighted by Gasteiger charge is -2.37. The summed E-state index contributed by atoms with van der Waals surface area (Å²) in [5.74, 6) is 3.18. The van der Waals surface area contributed by atoms with Crippen LogP contribution in [-0.4, -0.2) is 69.1 Å². The second-order valence-electron chi connectivity index (χ2n) is 9.43. The van der Waals surface area contributed by atoms with Crippen molar-refractivity contribution < 1.29 is 14.2 Å². The maximum Gasteiger partial charge on any atom is 0.231 e. The Balaban J connectivity index is 0.00000289. The third-order valence-corrected chi connectivity index (χ3v) is 7.01. The highest BCUT2D eigenvalue weighted by Gasteiger charge is 2.36. The van der Waals surface area contributed by atoms with E-state index >= 15 is 0 Å². The molecule has 4 rings (SSSR count). The van der Waals surface area contributed by atoms with Gasteiger partial charge >= 0.3 is 0 Å². The molecule has 32 heavy (non-hydrogen) atoms. The zero-order valence-electron chi connectivity index (χ0n) is 19.9. The van der Waals surface area contributed by atoms with E-state index in [1.54, 1.807) is 0 Å². The quantitative estimate of drug-likeness (QED) is 0.317. The van der Waals surface area contributed by atoms with Gasteiger partial charge in [-0.1, -0.05) is 13.0 Å². The monoisotopic (exact) mass is 558 g/mol. The summed E-state index contributed by atoms with van der Waals surface area (Å²) in [4.78, 5) is 7.64. The van der Waals surface area contributed by atoms with E-state index in [1.807, 2.05) is 6.07 Å². The fourth-order valence-electron chi connectivity index (χ4n) is 4.87. The summed E-state index contributed by atoms with van der Waals surface area (Å²) in [6.07, 6.45) is 1.91. The summed E-state index contributed by atoms with van der Waals surface area (Å²) in [7, 11) is 0. The van der Waals surface area contributed by atoms with Crippen molar-refractivity contribution in [2.24, 2.45) is 10.9 Å². The van der Waals surface area contributed by atoms with Gasteiger partial charge in [0.15, 0.2) is 17.5 Å². The topological polar surface area (TPSA) is 67.4 Å². The van der Waals surface area contributed by atoms with E-state index in [0.29, 0.717) is 24.8 Å². The zero-order chi connectivity index (χ0) is 21.8. The highest BCUT2D eigenvalue weighted by Crippen LogP contribution is 2.41. The van der Waals surface area contributed by atoms with Crippen LogP contribution < -0.4 is 20.1 Å². The molecule has 7 nitrogen and oxygen atoms in total. The molecule has 3 heterocycles. The van der Waals surface area contributed by atoms with Gasteiger partial charge in [0.1, 0.15) is 0 Å². The summed E-state index contributed by atoms with van der Waals surface area (Å²) < 4.78 is 16.9. The first kappa shape index (κ1) is 25.4. The lowest BCUT2D eigenvalue weighted by Crippen LogP contribution is -2.47. The highest BCUT2D eigenvalue weighted by atomic mass is 127. The van der Waals surface area contributed by atoms with Crippen LogP contribution in [0.2, 0.25) is 0 Å². The molecule has 0 spiro atoms. The number of nitrogens with one attached hydrogen (secondary N) is 2. The Hall–Kier alpha value is -1.26. The molecule has 0 aromatic heterocycles. The molecule has 3 aliphatic rings. The lowest BCUT2D eigenvalue weighted by molar-refractivity contribution is 0.0530. The molecule has 3 aliphatic heterocycles. The third-order valence-electron chi connectivity index (χ3n) is 7.01. The molecule has 2 unspecified atom stereocenters. The molecule has 2 N–H and O–H groups in total. The fourth-order valence-corrected chi connectivity index (χ4v) is 4.87. The van der Waals surface area contributed by atoms with E-state index < -0.39 is 0 Å². The smallest absolute Gasteiger partial charge is 0.231 e. The van der Waals surface area contributed by atoms with E-state index in [9.17, 15) is 0 Å². The van der Waals surface area contributed by atoms with Gasteiger partial charge < -0.3 is 24.8 Å². The van der Waals surface area contributed by atoms with Crippen LogP contribution in [0.1, 0.15) is 46.1 Å². The van der Waals surface area contributed by atoms with Crippen LogP contribution in [0.5, 0.6) is 11.5 Å². The van der Waals surface area contributed by atoms with Gasteiger partial charge in [0.05, 0.1) is 6.54 Å². The molecule has 2 saturated heterocycles. The summed E-state index contributed by atoms with van der Waals surface area (Å²) in [5, 5.41) is 7.19. The molecule has 180 valence electrons. The molecule has 0 bridgehead atoms. The van der Waals surface area contributed by atoms with E-state index in [4.69, 9.17) is 19.2 Å². The Morgan fingerprint density at radius 2 is 1.94 bits per heavy atom. The van der Waals surface area contributed by atoms with Crippen molar-refractivity contribution in [1.82, 2.24) is 15.5 Å². The average molecular weight is 559 g/mol. The van der Waals surface area contributed by atoms with Gasteiger partial charge in [0.2, 0.25) is 6.79 Å². The summed E-state index contributed by atoms with van der Waals surface area (Å²) in [5.41, 5.74) is 1.21. The van der Waals surface area contributed by atoms with Gasteiger partial charge in [-0.15, -0.1) is 24.0 Å². The van der Waals surface area contributed by atoms with E-state index in [0.717, 1.165) is 69.7 Å². The molecule has 0 radical (unpaired) electrons. The normalized spacial score (nSPS) is 25.0. The Labute approximate surface area is 209 Å². The number of benzene rings is 1. The highest BCUT2D eigenvalue weighted by molar-refractivity contribution is 14.0. The molecule has 2 fully saturated rings. The van der Waals surface area contributed by atoms with Gasteiger partial charge in [-0.25, -0.2) is 0 Å². The van der Waals surface area contributed by atoms with E-state index in [2.05, 4.69) is 55.4 Å². The van der Waals surface area contributed by atoms with Crippen LogP contribution in [0, 0.1) is 5.92 Å². The molecule has 1 aromatic carbocycles. The Kier molecular flexibility index (Phi) is 8.91. The van der Waals surface area contributed by atoms with Crippen molar-refractivity contribution in [3.8, 4) is 11.5 Å². The number of hydrogen-bond acceptors (Lipinski definition) is 5. The molecule has 0 aliphatic carbocycles. The first-order chi connectivity index (χ1) is 15.0. The van der Waals surface area contributed by atoms with Crippen LogP contribution in [0.15, 0.2) is 23.2 Å². The standard InChI is InChI=1S/C24H38N4O3.HI/c1-5-25-23(27-20-14-28(17(2)3)13-18(20)4)26-15-24(8-10-29-11-9-24)19-6-7-21-22(12-19)31-16-30-21;/h6-7,12,17-18,20H,5,8-11,13-16H2,1-4H3,(H2,25,26,27);1H. The Morgan fingerprint density at radius 3 is 2.62 bits per heavy atom. The predicted molar refractivity (Wildman–Crippen MR) is 138 cm³/mol. The first-order valence-corrected chi connectivity index (χ1v) is 11.8. The average Bonchev–Trinajstić information content (AvgIpc) is 3.39. The Morgan fingerprint density at radius 1 is 1.19 bits per heavy atom. The fraction of sp³-hybridized carbons (Fsp3) is 0.708. The van der Waals surface area contributed by atoms with Gasteiger partial charge in [-0.05, 0) is 57.2 Å². The van der Waals surface area contributed by atoms with Crippen molar-refractivity contribution in [2.45, 2.75) is 58.0 Å². The molecular weight excluding hydrogens is 519 g/mol. The minimum Gasteiger partial charge on any atom is -0.454 e. The van der Waals surface area contributed by atoms with Crippen LogP contribution >= 0.6 is 24.0 Å². The summed E-state index contributed by atoms with van der Waals surface area (Å²) in [6.45, 7) is 14.6. The van der Waals surface area contributed by atoms with E-state index in [1.165, 1.54) is 5.56 Å². The Bertz CT molecular complexity index is 783. The molecule has 1 aromatic rings. The van der Waals surface area contributed by atoms with Crippen LogP contribution in [0.4, 0.5) is 0 Å². The van der Waals surface area contributed by atoms with Crippen LogP contribution in [-0.2, 0) is 10.2 Å². The van der Waals surface area contributed by atoms with Crippen LogP contribution in [0.25, 0.3) is 0 Å². The van der Waals surface area contributed by atoms with Crippen molar-refractivity contribution in [1.29, 1.82) is 0 Å². The first-order valence-electron chi connectivity index (χ1n) is 11.8. The van der Waals surface area contributed by atoms with E-state index in [-0.39, 0.29) is 29.4 Å². The third kappa shape index (κ3) is 5.62. The predicted octanol–water partition coefficient (Wildman–Crippen LogP) is 3.37. The minimum absolute atomic E-state index is 0. The second kappa shape index (κ2) is 11.2. The molecule has 0 amide bonds. The van der Waals surface area contributed by atoms with Gasteiger partial charge in [0.25, 0.3) is 0 Å². The van der Waals surface area contributed by atoms with Gasteiger partial charge in [0, 0.05) is 50.3 Å². The maximum atomic E-state index is 5.71. The molecule has 0 saturated carbocycles. The summed E-state index contributed by atoms with van der Waals surface area (Å²) >= 11 is 0. The summed E-state index contributed by atoms with van der Waals surface area (Å²) in [6, 6.07) is 7.33. The number of ether oxygens (including phenoxy) is 3. The lowest BCUT2D eigenvalue weighted by atomic mass is 9.74. The number of likely N-dealkylation sites (tertiary alicyclic amines) is 1. The SMILES string of the molecule is CCNC(=NCC1(c2ccc3c(c2)OCO3)CCOCC1)NC1CN(C(C)C)CC1C.I. The molecule has 2 atom stereocenters. The number of nitrogens with zero attached hydrogens (tertiary/aromatic N) is 2. The number of guanidine groups is 1. The molecule has 8 heteroatoms. The number of hydrogen-bond donors (Lipinski definition) is 2. The minimum atomic E-state index is -0.0488. The maximum absolute atomic E-state index is 5.71. The van der Waals surface area contributed by atoms with Crippen LogP contribution in [0.3, 0.4) is 0 Å². The van der Waals surface area contributed by atoms with Gasteiger partial charge in [-0.3, -0.25) is 9.89 Å². The molecular formula is C24H39IN4O3. The largest absolute Gasteiger partial charge is 0.454 e. The van der Waals surface area contributed by atoms with Crippen molar-refractivity contribution in [2.75, 3.05) is 46.2 Å². The number of halogens is 1. The second-order valence-corrected chi connectivity index (χ2v) is 9.43. The zero-order valence-corrected chi connectivity index (χ0v) is 22.2. The van der Waals surface area contributed by atoms with Crippen molar-refractivity contribution in [3.63, 3.8) is 0 Å². The number of aliphatic imine (C=N–C) groups is 1. The van der Waals surface area contributed by atoms with Gasteiger partial charge in [-0.2, -0.15) is 0 Å².